The lowest BCUT2D eigenvalue weighted by Gasteiger charge is -2.57. The second-order valence-electron chi connectivity index (χ2n) is 9.57. The van der Waals surface area contributed by atoms with Crippen LogP contribution in [0.25, 0.3) is 0 Å². The topological polar surface area (TPSA) is 73.1 Å². The molecule has 6 heteroatoms. The summed E-state index contributed by atoms with van der Waals surface area (Å²) in [5.74, 6) is 2.85. The molecule has 1 amide bonds. The van der Waals surface area contributed by atoms with Crippen molar-refractivity contribution >= 4 is 11.7 Å². The third-order valence-corrected chi connectivity index (χ3v) is 7.88. The summed E-state index contributed by atoms with van der Waals surface area (Å²) in [5.41, 5.74) is 0.424. The van der Waals surface area contributed by atoms with Crippen LogP contribution >= 0.6 is 0 Å². The second kappa shape index (κ2) is 7.93. The normalized spacial score (nSPS) is 32.6. The van der Waals surface area contributed by atoms with Gasteiger partial charge in [-0.2, -0.15) is 5.26 Å². The highest BCUT2D eigenvalue weighted by molar-refractivity contribution is 5.78. The summed E-state index contributed by atoms with van der Waals surface area (Å²) in [4.78, 5) is 26.4. The van der Waals surface area contributed by atoms with Gasteiger partial charge in [0.1, 0.15) is 6.07 Å². The SMILES string of the molecule is N#Cc1nccnc1N1C[C@H]2C[C@@H](C1)[C@H](CC1CCCCC1)N1C(=O)CCC[C@@H]21. The number of amides is 1. The number of carbonyl (C=O) groups excluding carboxylic acids is 1. The summed E-state index contributed by atoms with van der Waals surface area (Å²) in [7, 11) is 0. The van der Waals surface area contributed by atoms with Gasteiger partial charge in [-0.3, -0.25) is 4.79 Å². The van der Waals surface area contributed by atoms with E-state index in [-0.39, 0.29) is 0 Å². The van der Waals surface area contributed by atoms with E-state index in [1.54, 1.807) is 12.4 Å². The predicted octanol–water partition coefficient (Wildman–Crippen LogP) is 3.52. The maximum Gasteiger partial charge on any atom is 0.223 e. The molecule has 0 unspecified atom stereocenters. The van der Waals surface area contributed by atoms with E-state index < -0.39 is 0 Å². The average Bonchev–Trinajstić information content (AvgIpc) is 2.77. The molecule has 0 radical (unpaired) electrons. The van der Waals surface area contributed by atoms with Crippen LogP contribution in [0.2, 0.25) is 0 Å². The second-order valence-corrected chi connectivity index (χ2v) is 9.57. The Balaban J connectivity index is 1.44. The van der Waals surface area contributed by atoms with Gasteiger partial charge in [0.05, 0.1) is 0 Å². The van der Waals surface area contributed by atoms with Crippen molar-refractivity contribution in [1.29, 1.82) is 5.26 Å². The van der Waals surface area contributed by atoms with E-state index in [1.807, 2.05) is 0 Å². The molecule has 3 saturated heterocycles. The Bertz CT molecular complexity index is 799. The zero-order chi connectivity index (χ0) is 19.8. The number of aromatic nitrogens is 2. The number of piperidine rings is 3. The number of carbonyl (C=O) groups is 1. The van der Waals surface area contributed by atoms with Crippen molar-refractivity contribution in [3.8, 4) is 6.07 Å². The molecule has 29 heavy (non-hydrogen) atoms. The third kappa shape index (κ3) is 3.49. The fourth-order valence-electron chi connectivity index (χ4n) is 6.66. The van der Waals surface area contributed by atoms with E-state index in [1.165, 1.54) is 44.9 Å². The quantitative estimate of drug-likeness (QED) is 0.785. The molecule has 5 rings (SSSR count). The molecule has 4 atom stereocenters. The number of nitriles is 1. The monoisotopic (exact) mass is 393 g/mol. The highest BCUT2D eigenvalue weighted by Gasteiger charge is 2.50. The molecule has 6 nitrogen and oxygen atoms in total. The van der Waals surface area contributed by atoms with Crippen molar-refractivity contribution < 1.29 is 4.79 Å². The minimum Gasteiger partial charge on any atom is -0.353 e. The van der Waals surface area contributed by atoms with E-state index >= 15 is 0 Å². The van der Waals surface area contributed by atoms with Crippen molar-refractivity contribution in [3.05, 3.63) is 18.1 Å². The predicted molar refractivity (Wildman–Crippen MR) is 110 cm³/mol. The minimum atomic E-state index is 0.358. The number of anilines is 1. The molecule has 2 bridgehead atoms. The summed E-state index contributed by atoms with van der Waals surface area (Å²) < 4.78 is 0. The molecular formula is C23H31N5O. The van der Waals surface area contributed by atoms with Crippen LogP contribution in [0.1, 0.15) is 69.9 Å². The van der Waals surface area contributed by atoms with Crippen LogP contribution < -0.4 is 4.90 Å². The van der Waals surface area contributed by atoms with Crippen LogP contribution in [0.4, 0.5) is 5.82 Å². The highest BCUT2D eigenvalue weighted by Crippen LogP contribution is 2.45. The first-order chi connectivity index (χ1) is 14.2. The number of rotatable bonds is 3. The Labute approximate surface area is 173 Å². The van der Waals surface area contributed by atoms with Crippen LogP contribution in [0, 0.1) is 29.1 Å². The molecule has 1 saturated carbocycles. The van der Waals surface area contributed by atoms with Gasteiger partial charge in [-0.1, -0.05) is 32.1 Å². The molecular weight excluding hydrogens is 362 g/mol. The summed E-state index contributed by atoms with van der Waals surface area (Å²) in [6.07, 6.45) is 15.3. The van der Waals surface area contributed by atoms with Gasteiger partial charge in [0.2, 0.25) is 5.91 Å². The lowest BCUT2D eigenvalue weighted by molar-refractivity contribution is -0.149. The first kappa shape index (κ1) is 18.8. The van der Waals surface area contributed by atoms with Crippen molar-refractivity contribution in [2.24, 2.45) is 17.8 Å². The van der Waals surface area contributed by atoms with Gasteiger partial charge in [0, 0.05) is 44.0 Å². The van der Waals surface area contributed by atoms with Gasteiger partial charge in [-0.05, 0) is 43.4 Å². The van der Waals surface area contributed by atoms with E-state index in [0.717, 1.165) is 44.1 Å². The largest absolute Gasteiger partial charge is 0.353 e. The maximum absolute atomic E-state index is 13.0. The summed E-state index contributed by atoms with van der Waals surface area (Å²) in [6, 6.07) is 2.94. The number of hydrogen-bond acceptors (Lipinski definition) is 5. The Morgan fingerprint density at radius 3 is 2.66 bits per heavy atom. The van der Waals surface area contributed by atoms with Gasteiger partial charge in [-0.25, -0.2) is 9.97 Å². The minimum absolute atomic E-state index is 0.358. The van der Waals surface area contributed by atoms with Gasteiger partial charge in [0.25, 0.3) is 0 Å². The molecule has 4 fully saturated rings. The molecule has 3 aliphatic heterocycles. The lowest BCUT2D eigenvalue weighted by Crippen LogP contribution is -2.65. The molecule has 0 N–H and O–H groups in total. The molecule has 0 aromatic carbocycles. The van der Waals surface area contributed by atoms with E-state index in [0.29, 0.717) is 35.5 Å². The number of nitrogens with zero attached hydrogens (tertiary/aromatic N) is 5. The third-order valence-electron chi connectivity index (χ3n) is 7.88. The summed E-state index contributed by atoms with van der Waals surface area (Å²) in [5, 5.41) is 9.51. The molecule has 4 heterocycles. The maximum atomic E-state index is 13.0. The van der Waals surface area contributed by atoms with Crippen LogP contribution in [-0.4, -0.2) is 45.9 Å². The smallest absolute Gasteiger partial charge is 0.223 e. The Kier molecular flexibility index (Phi) is 5.15. The van der Waals surface area contributed by atoms with Gasteiger partial charge >= 0.3 is 0 Å². The van der Waals surface area contributed by atoms with Gasteiger partial charge in [0.15, 0.2) is 11.5 Å². The summed E-state index contributed by atoms with van der Waals surface area (Å²) >= 11 is 0. The van der Waals surface area contributed by atoms with Crippen molar-refractivity contribution in [2.75, 3.05) is 18.0 Å². The Morgan fingerprint density at radius 1 is 1.03 bits per heavy atom. The van der Waals surface area contributed by atoms with Crippen molar-refractivity contribution in [1.82, 2.24) is 14.9 Å². The van der Waals surface area contributed by atoms with E-state index in [4.69, 9.17) is 0 Å². The fraction of sp³-hybridized carbons (Fsp3) is 0.739. The van der Waals surface area contributed by atoms with Crippen LogP contribution in [-0.2, 0) is 4.79 Å². The molecule has 1 aromatic rings. The molecule has 4 aliphatic rings. The zero-order valence-corrected chi connectivity index (χ0v) is 17.2. The van der Waals surface area contributed by atoms with Crippen molar-refractivity contribution in [3.63, 3.8) is 0 Å². The van der Waals surface area contributed by atoms with E-state index in [2.05, 4.69) is 25.8 Å². The van der Waals surface area contributed by atoms with Crippen LogP contribution in [0.3, 0.4) is 0 Å². The highest BCUT2D eigenvalue weighted by atomic mass is 16.2. The first-order valence-electron chi connectivity index (χ1n) is 11.5. The first-order valence-corrected chi connectivity index (χ1v) is 11.5. The summed E-state index contributed by atoms with van der Waals surface area (Å²) in [6.45, 7) is 1.77. The van der Waals surface area contributed by atoms with Gasteiger partial charge in [-0.15, -0.1) is 0 Å². The number of hydrogen-bond donors (Lipinski definition) is 0. The fourth-order valence-corrected chi connectivity index (χ4v) is 6.66. The lowest BCUT2D eigenvalue weighted by atomic mass is 9.69. The average molecular weight is 394 g/mol. The Morgan fingerprint density at radius 2 is 1.83 bits per heavy atom. The van der Waals surface area contributed by atoms with Crippen LogP contribution in [0.5, 0.6) is 0 Å². The standard InChI is InChI=1S/C23H31N5O/c24-13-19-23(26-10-9-25-19)27-14-17-12-18(15-27)21(11-16-5-2-1-3-6-16)28-20(17)7-4-8-22(28)29/h9-10,16-18,20-21H,1-8,11-12,14-15H2/t17-,18+,20+,21+/m1/s1. The molecule has 154 valence electrons. The van der Waals surface area contributed by atoms with Gasteiger partial charge < -0.3 is 9.80 Å². The molecule has 1 aromatic heterocycles. The molecule has 1 aliphatic carbocycles. The van der Waals surface area contributed by atoms with Crippen molar-refractivity contribution in [2.45, 2.75) is 76.3 Å². The molecule has 0 spiro atoms. The van der Waals surface area contributed by atoms with Crippen LogP contribution in [0.15, 0.2) is 12.4 Å². The number of fused-ring (bicyclic) bond motifs is 4. The van der Waals surface area contributed by atoms with E-state index in [9.17, 15) is 10.1 Å². The Hall–Kier alpha value is -2.16. The zero-order valence-electron chi connectivity index (χ0n) is 17.2.